The van der Waals surface area contributed by atoms with Crippen LogP contribution < -0.4 is 9.47 Å². The van der Waals surface area contributed by atoms with Crippen molar-refractivity contribution in [1.29, 1.82) is 0 Å². The molecule has 7 heteroatoms. The van der Waals surface area contributed by atoms with E-state index in [0.717, 1.165) is 18.4 Å². The van der Waals surface area contributed by atoms with Gasteiger partial charge in [0, 0.05) is 38.2 Å². The highest BCUT2D eigenvalue weighted by Crippen LogP contribution is 2.29. The Morgan fingerprint density at radius 1 is 1.10 bits per heavy atom. The molecule has 0 saturated carbocycles. The number of hydrogen-bond donors (Lipinski definition) is 0. The summed E-state index contributed by atoms with van der Waals surface area (Å²) in [6, 6.07) is 5.67. The summed E-state index contributed by atoms with van der Waals surface area (Å²) >= 11 is 0. The van der Waals surface area contributed by atoms with Gasteiger partial charge in [-0.1, -0.05) is 19.4 Å². The molecule has 0 radical (unpaired) electrons. The first-order valence-corrected chi connectivity index (χ1v) is 11.3. The maximum atomic E-state index is 12.6. The first-order chi connectivity index (χ1) is 15.1. The third-order valence-corrected chi connectivity index (χ3v) is 5.84. The van der Waals surface area contributed by atoms with Gasteiger partial charge in [0.15, 0.2) is 11.5 Å². The maximum absolute atomic E-state index is 12.6. The van der Waals surface area contributed by atoms with Crippen LogP contribution in [0.3, 0.4) is 0 Å². The molecule has 31 heavy (non-hydrogen) atoms. The molecule has 2 saturated heterocycles. The van der Waals surface area contributed by atoms with Crippen LogP contribution in [-0.2, 0) is 14.3 Å². The molecule has 3 rings (SSSR count). The van der Waals surface area contributed by atoms with Gasteiger partial charge in [-0.25, -0.2) is 0 Å². The van der Waals surface area contributed by atoms with E-state index in [1.54, 1.807) is 19.3 Å². The second kappa shape index (κ2) is 11.7. The molecule has 0 spiro atoms. The molecular formula is C24H34N2O5. The van der Waals surface area contributed by atoms with E-state index in [0.29, 0.717) is 70.3 Å². The van der Waals surface area contributed by atoms with Gasteiger partial charge in [-0.3, -0.25) is 9.59 Å². The predicted octanol–water partition coefficient (Wildman–Crippen LogP) is 2.98. The summed E-state index contributed by atoms with van der Waals surface area (Å²) in [5.74, 6) is 1.56. The summed E-state index contributed by atoms with van der Waals surface area (Å²) in [5, 5.41) is 0. The number of carbonyl (C=O) groups is 2. The number of benzene rings is 1. The van der Waals surface area contributed by atoms with Crippen molar-refractivity contribution in [3.63, 3.8) is 0 Å². The summed E-state index contributed by atoms with van der Waals surface area (Å²) in [5.41, 5.74) is 0.880. The molecule has 2 amide bonds. The van der Waals surface area contributed by atoms with Crippen molar-refractivity contribution in [3.8, 4) is 11.5 Å². The zero-order chi connectivity index (χ0) is 22.1. The minimum Gasteiger partial charge on any atom is -0.493 e. The maximum Gasteiger partial charge on any atom is 0.246 e. The Kier molecular flexibility index (Phi) is 8.76. The number of likely N-dealkylation sites (tertiary alicyclic amines) is 1. The standard InChI is InChI=1S/C24H34N2O5/c1-3-4-15-31-21-7-5-19(18-22(21)29-2)6-8-23(27)25-11-9-20(10-12-25)24(28)26-13-16-30-17-14-26/h5-8,18,20H,3-4,9-17H2,1-2H3/b8-6+. The van der Waals surface area contributed by atoms with E-state index in [9.17, 15) is 9.59 Å². The highest BCUT2D eigenvalue weighted by molar-refractivity contribution is 5.92. The molecule has 2 aliphatic rings. The summed E-state index contributed by atoms with van der Waals surface area (Å²) < 4.78 is 16.5. The molecule has 0 aliphatic carbocycles. The van der Waals surface area contributed by atoms with Gasteiger partial charge in [0.25, 0.3) is 0 Å². The molecule has 0 atom stereocenters. The van der Waals surface area contributed by atoms with E-state index in [1.807, 2.05) is 28.0 Å². The SMILES string of the molecule is CCCCOc1ccc(/C=C/C(=O)N2CCC(C(=O)N3CCOCC3)CC2)cc1OC. The third-order valence-electron chi connectivity index (χ3n) is 5.84. The van der Waals surface area contributed by atoms with Crippen molar-refractivity contribution < 1.29 is 23.8 Å². The van der Waals surface area contributed by atoms with Gasteiger partial charge >= 0.3 is 0 Å². The lowest BCUT2D eigenvalue weighted by Gasteiger charge is -2.35. The zero-order valence-corrected chi connectivity index (χ0v) is 18.7. The molecule has 7 nitrogen and oxygen atoms in total. The number of ether oxygens (including phenoxy) is 3. The average molecular weight is 431 g/mol. The lowest BCUT2D eigenvalue weighted by atomic mass is 9.95. The molecule has 170 valence electrons. The number of morpholine rings is 1. The van der Waals surface area contributed by atoms with Gasteiger partial charge < -0.3 is 24.0 Å². The van der Waals surface area contributed by atoms with Gasteiger partial charge in [0.2, 0.25) is 11.8 Å². The number of methoxy groups -OCH3 is 1. The van der Waals surface area contributed by atoms with Crippen molar-refractivity contribution in [2.75, 3.05) is 53.1 Å². The van der Waals surface area contributed by atoms with E-state index in [4.69, 9.17) is 14.2 Å². The second-order valence-corrected chi connectivity index (χ2v) is 7.98. The Morgan fingerprint density at radius 2 is 1.84 bits per heavy atom. The summed E-state index contributed by atoms with van der Waals surface area (Å²) in [4.78, 5) is 29.0. The van der Waals surface area contributed by atoms with Crippen LogP contribution >= 0.6 is 0 Å². The van der Waals surface area contributed by atoms with Gasteiger partial charge in [0.05, 0.1) is 26.9 Å². The average Bonchev–Trinajstić information content (AvgIpc) is 2.83. The first-order valence-electron chi connectivity index (χ1n) is 11.3. The zero-order valence-electron chi connectivity index (χ0n) is 18.7. The minimum atomic E-state index is -0.0282. The van der Waals surface area contributed by atoms with Crippen molar-refractivity contribution in [2.24, 2.45) is 5.92 Å². The number of hydrogen-bond acceptors (Lipinski definition) is 5. The van der Waals surface area contributed by atoms with E-state index < -0.39 is 0 Å². The highest BCUT2D eigenvalue weighted by Gasteiger charge is 2.30. The van der Waals surface area contributed by atoms with Crippen molar-refractivity contribution in [3.05, 3.63) is 29.8 Å². The minimum absolute atomic E-state index is 0.00985. The topological polar surface area (TPSA) is 68.3 Å². The lowest BCUT2D eigenvalue weighted by Crippen LogP contribution is -2.47. The van der Waals surface area contributed by atoms with Crippen LogP contribution in [0.4, 0.5) is 0 Å². The molecule has 0 bridgehead atoms. The van der Waals surface area contributed by atoms with Crippen molar-refractivity contribution in [1.82, 2.24) is 9.80 Å². The molecular weight excluding hydrogens is 396 g/mol. The van der Waals surface area contributed by atoms with Crippen LogP contribution in [0.15, 0.2) is 24.3 Å². The van der Waals surface area contributed by atoms with Crippen molar-refractivity contribution in [2.45, 2.75) is 32.6 Å². The fourth-order valence-electron chi connectivity index (χ4n) is 3.90. The van der Waals surface area contributed by atoms with Crippen LogP contribution in [0.1, 0.15) is 38.2 Å². The summed E-state index contributed by atoms with van der Waals surface area (Å²) in [6.07, 6.45) is 6.89. The number of nitrogens with zero attached hydrogens (tertiary/aromatic N) is 2. The molecule has 2 heterocycles. The number of carbonyl (C=O) groups excluding carboxylic acids is 2. The van der Waals surface area contributed by atoms with Gasteiger partial charge in [-0.15, -0.1) is 0 Å². The largest absolute Gasteiger partial charge is 0.493 e. The Labute approximate surface area is 184 Å². The summed E-state index contributed by atoms with van der Waals surface area (Å²) in [7, 11) is 1.61. The molecule has 1 aromatic carbocycles. The van der Waals surface area contributed by atoms with E-state index >= 15 is 0 Å². The molecule has 2 fully saturated rings. The summed E-state index contributed by atoms with van der Waals surface area (Å²) in [6.45, 7) is 6.57. The number of rotatable bonds is 8. The molecule has 2 aliphatic heterocycles. The Hall–Kier alpha value is -2.54. The number of piperidine rings is 1. The monoisotopic (exact) mass is 430 g/mol. The molecule has 0 aromatic heterocycles. The fraction of sp³-hybridized carbons (Fsp3) is 0.583. The van der Waals surface area contributed by atoms with Gasteiger partial charge in [-0.2, -0.15) is 0 Å². The van der Waals surface area contributed by atoms with Crippen LogP contribution in [0.5, 0.6) is 11.5 Å². The van der Waals surface area contributed by atoms with E-state index in [-0.39, 0.29) is 17.7 Å². The van der Waals surface area contributed by atoms with Crippen LogP contribution in [0, 0.1) is 5.92 Å². The molecule has 1 aromatic rings. The predicted molar refractivity (Wildman–Crippen MR) is 119 cm³/mol. The first kappa shape index (κ1) is 23.1. The van der Waals surface area contributed by atoms with Gasteiger partial charge in [-0.05, 0) is 43.0 Å². The normalized spacial score (nSPS) is 17.7. The quantitative estimate of drug-likeness (QED) is 0.469. The van der Waals surface area contributed by atoms with Crippen LogP contribution in [0.2, 0.25) is 0 Å². The molecule has 0 unspecified atom stereocenters. The van der Waals surface area contributed by atoms with E-state index in [2.05, 4.69) is 6.92 Å². The second-order valence-electron chi connectivity index (χ2n) is 7.98. The Morgan fingerprint density at radius 3 is 2.52 bits per heavy atom. The van der Waals surface area contributed by atoms with Crippen molar-refractivity contribution >= 4 is 17.9 Å². The lowest BCUT2D eigenvalue weighted by molar-refractivity contribution is -0.142. The van der Waals surface area contributed by atoms with Crippen LogP contribution in [0.25, 0.3) is 6.08 Å². The molecule has 0 N–H and O–H groups in total. The fourth-order valence-corrected chi connectivity index (χ4v) is 3.90. The highest BCUT2D eigenvalue weighted by atomic mass is 16.5. The number of amides is 2. The Balaban J connectivity index is 1.50. The van der Waals surface area contributed by atoms with E-state index in [1.165, 1.54) is 0 Å². The smallest absolute Gasteiger partial charge is 0.246 e. The number of unbranched alkanes of at least 4 members (excludes halogenated alkanes) is 1. The van der Waals surface area contributed by atoms with Crippen LogP contribution in [-0.4, -0.2) is 74.7 Å². The Bertz CT molecular complexity index is 765. The van der Waals surface area contributed by atoms with Gasteiger partial charge in [0.1, 0.15) is 0 Å². The third kappa shape index (κ3) is 6.47.